The van der Waals surface area contributed by atoms with Crippen LogP contribution in [0.5, 0.6) is 5.75 Å². The fraction of sp³-hybridized carbons (Fsp3) is 0.150. The third-order valence-electron chi connectivity index (χ3n) is 3.77. The highest BCUT2D eigenvalue weighted by Crippen LogP contribution is 2.30. The molecular weight excluding hydrogens is 284 g/mol. The molecule has 0 spiro atoms. The Kier molecular flexibility index (Phi) is 4.57. The van der Waals surface area contributed by atoms with E-state index in [1.807, 2.05) is 53.2 Å². The lowest BCUT2D eigenvalue weighted by Gasteiger charge is -2.19. The Bertz CT molecular complexity index is 763. The maximum absolute atomic E-state index is 6.19. The molecule has 0 N–H and O–H groups in total. The summed E-state index contributed by atoms with van der Waals surface area (Å²) >= 11 is 0. The Morgan fingerprint density at radius 2 is 1.87 bits per heavy atom. The van der Waals surface area contributed by atoms with Gasteiger partial charge in [-0.05, 0) is 24.1 Å². The number of aromatic nitrogens is 2. The number of ether oxygens (including phenoxy) is 1. The summed E-state index contributed by atoms with van der Waals surface area (Å²) in [6.45, 7) is 6.97. The standard InChI is InChI=1S/C20H20N2O/c1-16(14-22-13-12-21-15-22)19-10-6-7-11-20(19)23-17(2)18-8-4-3-5-9-18/h3-13,15,17H,1,14H2,2H3. The molecule has 3 aromatic rings. The number of hydrogen-bond donors (Lipinski definition) is 0. The van der Waals surface area contributed by atoms with Crippen LogP contribution in [0, 0.1) is 0 Å². The topological polar surface area (TPSA) is 27.1 Å². The fourth-order valence-electron chi connectivity index (χ4n) is 2.53. The molecular formula is C20H20N2O. The second-order valence-electron chi connectivity index (χ2n) is 5.51. The first kappa shape index (κ1) is 15.1. The molecule has 0 bridgehead atoms. The van der Waals surface area contributed by atoms with Gasteiger partial charge in [0, 0.05) is 24.5 Å². The molecule has 0 aliphatic carbocycles. The monoisotopic (exact) mass is 304 g/mol. The average Bonchev–Trinajstić information content (AvgIpc) is 3.09. The molecule has 3 rings (SSSR count). The SMILES string of the molecule is C=C(Cn1ccnc1)c1ccccc1OC(C)c1ccccc1. The molecule has 0 radical (unpaired) electrons. The summed E-state index contributed by atoms with van der Waals surface area (Å²) in [5.74, 6) is 0.856. The number of imidazole rings is 1. The summed E-state index contributed by atoms with van der Waals surface area (Å²) < 4.78 is 8.19. The molecule has 3 nitrogen and oxygen atoms in total. The summed E-state index contributed by atoms with van der Waals surface area (Å²) in [5.41, 5.74) is 3.19. The van der Waals surface area contributed by atoms with Crippen LogP contribution in [-0.4, -0.2) is 9.55 Å². The van der Waals surface area contributed by atoms with Crippen LogP contribution in [0.4, 0.5) is 0 Å². The minimum atomic E-state index is -0.0154. The van der Waals surface area contributed by atoms with Crippen LogP contribution in [-0.2, 0) is 6.54 Å². The van der Waals surface area contributed by atoms with E-state index in [0.29, 0.717) is 6.54 Å². The van der Waals surface area contributed by atoms with Crippen molar-refractivity contribution in [2.24, 2.45) is 0 Å². The van der Waals surface area contributed by atoms with E-state index in [9.17, 15) is 0 Å². The van der Waals surface area contributed by atoms with Crippen LogP contribution in [0.1, 0.15) is 24.2 Å². The molecule has 116 valence electrons. The third kappa shape index (κ3) is 3.69. The highest BCUT2D eigenvalue weighted by atomic mass is 16.5. The van der Waals surface area contributed by atoms with Gasteiger partial charge in [0.15, 0.2) is 0 Å². The average molecular weight is 304 g/mol. The normalized spacial score (nSPS) is 11.9. The third-order valence-corrected chi connectivity index (χ3v) is 3.77. The Morgan fingerprint density at radius 1 is 1.13 bits per heavy atom. The second kappa shape index (κ2) is 6.97. The molecule has 0 saturated carbocycles. The molecule has 0 saturated heterocycles. The van der Waals surface area contributed by atoms with Crippen LogP contribution < -0.4 is 4.74 Å². The van der Waals surface area contributed by atoms with E-state index in [-0.39, 0.29) is 6.10 Å². The molecule has 0 aliphatic rings. The van der Waals surface area contributed by atoms with Crippen molar-refractivity contribution in [1.29, 1.82) is 0 Å². The van der Waals surface area contributed by atoms with Crippen molar-refractivity contribution in [1.82, 2.24) is 9.55 Å². The van der Waals surface area contributed by atoms with Gasteiger partial charge in [-0.2, -0.15) is 0 Å². The Hall–Kier alpha value is -2.81. The number of rotatable bonds is 6. The van der Waals surface area contributed by atoms with Gasteiger partial charge in [-0.1, -0.05) is 55.1 Å². The minimum absolute atomic E-state index is 0.0154. The van der Waals surface area contributed by atoms with Gasteiger partial charge in [0.05, 0.1) is 6.33 Å². The largest absolute Gasteiger partial charge is 0.485 e. The van der Waals surface area contributed by atoms with Crippen molar-refractivity contribution in [2.45, 2.75) is 19.6 Å². The zero-order valence-electron chi connectivity index (χ0n) is 13.2. The van der Waals surface area contributed by atoms with Crippen LogP contribution in [0.25, 0.3) is 5.57 Å². The molecule has 1 atom stereocenters. The molecule has 0 amide bonds. The van der Waals surface area contributed by atoms with E-state index >= 15 is 0 Å². The number of benzene rings is 2. The van der Waals surface area contributed by atoms with Crippen LogP contribution in [0.15, 0.2) is 79.9 Å². The lowest BCUT2D eigenvalue weighted by Crippen LogP contribution is -2.05. The van der Waals surface area contributed by atoms with Crippen molar-refractivity contribution in [3.63, 3.8) is 0 Å². The first-order chi connectivity index (χ1) is 11.2. The number of para-hydroxylation sites is 1. The highest BCUT2D eigenvalue weighted by Gasteiger charge is 2.12. The molecule has 0 aliphatic heterocycles. The molecule has 1 aromatic heterocycles. The van der Waals surface area contributed by atoms with Gasteiger partial charge >= 0.3 is 0 Å². The number of allylic oxidation sites excluding steroid dienone is 1. The quantitative estimate of drug-likeness (QED) is 0.658. The van der Waals surface area contributed by atoms with E-state index in [4.69, 9.17) is 4.74 Å². The lowest BCUT2D eigenvalue weighted by atomic mass is 10.1. The molecule has 23 heavy (non-hydrogen) atoms. The zero-order chi connectivity index (χ0) is 16.1. The summed E-state index contributed by atoms with van der Waals surface area (Å²) in [5, 5.41) is 0. The minimum Gasteiger partial charge on any atom is -0.485 e. The van der Waals surface area contributed by atoms with E-state index in [2.05, 4.69) is 30.6 Å². The Labute approximate surface area is 136 Å². The van der Waals surface area contributed by atoms with E-state index in [0.717, 1.165) is 22.4 Å². The van der Waals surface area contributed by atoms with Gasteiger partial charge in [0.2, 0.25) is 0 Å². The van der Waals surface area contributed by atoms with Gasteiger partial charge in [0.1, 0.15) is 11.9 Å². The van der Waals surface area contributed by atoms with E-state index in [1.54, 1.807) is 12.5 Å². The summed E-state index contributed by atoms with van der Waals surface area (Å²) in [6.07, 6.45) is 5.48. The van der Waals surface area contributed by atoms with Crippen LogP contribution >= 0.6 is 0 Å². The molecule has 2 aromatic carbocycles. The van der Waals surface area contributed by atoms with Gasteiger partial charge < -0.3 is 9.30 Å². The van der Waals surface area contributed by atoms with Crippen molar-refractivity contribution in [2.75, 3.05) is 0 Å². The first-order valence-corrected chi connectivity index (χ1v) is 7.68. The number of nitrogens with zero attached hydrogens (tertiary/aromatic N) is 2. The van der Waals surface area contributed by atoms with E-state index in [1.165, 1.54) is 0 Å². The van der Waals surface area contributed by atoms with Gasteiger partial charge in [-0.15, -0.1) is 0 Å². The maximum Gasteiger partial charge on any atom is 0.127 e. The van der Waals surface area contributed by atoms with E-state index < -0.39 is 0 Å². The first-order valence-electron chi connectivity index (χ1n) is 7.68. The summed E-state index contributed by atoms with van der Waals surface area (Å²) in [7, 11) is 0. The summed E-state index contributed by atoms with van der Waals surface area (Å²) in [6, 6.07) is 18.3. The molecule has 3 heteroatoms. The second-order valence-corrected chi connectivity index (χ2v) is 5.51. The number of hydrogen-bond acceptors (Lipinski definition) is 2. The molecule has 1 unspecified atom stereocenters. The Balaban J connectivity index is 1.79. The van der Waals surface area contributed by atoms with Gasteiger partial charge in [0.25, 0.3) is 0 Å². The lowest BCUT2D eigenvalue weighted by molar-refractivity contribution is 0.226. The predicted molar refractivity (Wildman–Crippen MR) is 93.2 cm³/mol. The van der Waals surface area contributed by atoms with Crippen molar-refractivity contribution in [3.05, 3.63) is 91.0 Å². The smallest absolute Gasteiger partial charge is 0.127 e. The maximum atomic E-state index is 6.19. The van der Waals surface area contributed by atoms with Crippen LogP contribution in [0.2, 0.25) is 0 Å². The van der Waals surface area contributed by atoms with Crippen LogP contribution in [0.3, 0.4) is 0 Å². The van der Waals surface area contributed by atoms with Gasteiger partial charge in [-0.25, -0.2) is 4.98 Å². The van der Waals surface area contributed by atoms with Gasteiger partial charge in [-0.3, -0.25) is 0 Å². The fourth-order valence-corrected chi connectivity index (χ4v) is 2.53. The highest BCUT2D eigenvalue weighted by molar-refractivity contribution is 5.68. The van der Waals surface area contributed by atoms with Crippen molar-refractivity contribution in [3.8, 4) is 5.75 Å². The molecule has 0 fully saturated rings. The van der Waals surface area contributed by atoms with Crippen molar-refractivity contribution >= 4 is 5.57 Å². The molecule has 1 heterocycles. The Morgan fingerprint density at radius 3 is 2.61 bits per heavy atom. The predicted octanol–water partition coefficient (Wildman–Crippen LogP) is 4.74. The summed E-state index contributed by atoms with van der Waals surface area (Å²) in [4.78, 5) is 4.07. The zero-order valence-corrected chi connectivity index (χ0v) is 13.2. The van der Waals surface area contributed by atoms with Crippen molar-refractivity contribution < 1.29 is 4.74 Å².